The van der Waals surface area contributed by atoms with Crippen molar-refractivity contribution in [1.29, 1.82) is 0 Å². The minimum atomic E-state index is -3.82. The number of hydrogen-bond donors (Lipinski definition) is 1. The zero-order valence-electron chi connectivity index (χ0n) is 17.4. The van der Waals surface area contributed by atoms with Crippen LogP contribution in [-0.2, 0) is 24.3 Å². The maximum Gasteiger partial charge on any atom is 0.338 e. The van der Waals surface area contributed by atoms with Crippen molar-refractivity contribution in [3.63, 3.8) is 0 Å². The van der Waals surface area contributed by atoms with Crippen LogP contribution in [0, 0.1) is 17.0 Å². The fourth-order valence-corrected chi connectivity index (χ4v) is 4.69. The first-order chi connectivity index (χ1) is 15.6. The number of nitro benzene ring substituents is 1. The number of carbonyl (C=O) groups excluding carboxylic acids is 2. The third kappa shape index (κ3) is 5.85. The molecule has 0 aromatic heterocycles. The maximum atomic E-state index is 12.8. The van der Waals surface area contributed by atoms with Gasteiger partial charge in [-0.15, -0.1) is 0 Å². The van der Waals surface area contributed by atoms with Crippen molar-refractivity contribution < 1.29 is 32.4 Å². The molecule has 3 rings (SSSR count). The first-order valence-corrected chi connectivity index (χ1v) is 11.5. The summed E-state index contributed by atoms with van der Waals surface area (Å²) in [6, 6.07) is 7.60. The number of benzene rings is 2. The molecule has 1 aliphatic heterocycles. The van der Waals surface area contributed by atoms with Crippen LogP contribution in [0.15, 0.2) is 41.3 Å². The molecule has 0 saturated carbocycles. The molecule has 0 spiro atoms. The van der Waals surface area contributed by atoms with E-state index in [0.717, 1.165) is 12.1 Å². The van der Waals surface area contributed by atoms with Gasteiger partial charge in [-0.25, -0.2) is 13.2 Å². The average molecular weight is 498 g/mol. The lowest BCUT2D eigenvalue weighted by atomic mass is 10.1. The topological polar surface area (TPSA) is 145 Å². The van der Waals surface area contributed by atoms with E-state index in [9.17, 15) is 28.1 Å². The Balaban J connectivity index is 1.67. The highest BCUT2D eigenvalue weighted by Crippen LogP contribution is 2.26. The quantitative estimate of drug-likeness (QED) is 0.348. The first-order valence-electron chi connectivity index (χ1n) is 9.69. The molecule has 1 amide bonds. The number of ether oxygens (including phenoxy) is 2. The number of aryl methyl sites for hydroxylation is 1. The summed E-state index contributed by atoms with van der Waals surface area (Å²) in [6.45, 7) is 1.93. The van der Waals surface area contributed by atoms with Crippen LogP contribution < -0.4 is 5.32 Å². The van der Waals surface area contributed by atoms with E-state index in [4.69, 9.17) is 21.1 Å². The van der Waals surface area contributed by atoms with Gasteiger partial charge in [0.25, 0.3) is 11.6 Å². The molecular weight excluding hydrogens is 478 g/mol. The summed E-state index contributed by atoms with van der Waals surface area (Å²) in [5.74, 6) is -1.61. The first kappa shape index (κ1) is 24.6. The van der Waals surface area contributed by atoms with Gasteiger partial charge in [0.15, 0.2) is 6.61 Å². The number of nitrogens with one attached hydrogen (secondary N) is 1. The number of sulfonamides is 1. The number of carbonyl (C=O) groups is 2. The number of halogens is 1. The third-order valence-corrected chi connectivity index (χ3v) is 7.02. The van der Waals surface area contributed by atoms with Crippen molar-refractivity contribution in [2.24, 2.45) is 0 Å². The number of rotatable bonds is 7. The van der Waals surface area contributed by atoms with Gasteiger partial charge < -0.3 is 14.8 Å². The van der Waals surface area contributed by atoms with Crippen molar-refractivity contribution >= 4 is 44.9 Å². The monoisotopic (exact) mass is 497 g/mol. The van der Waals surface area contributed by atoms with Gasteiger partial charge in [-0.1, -0.05) is 17.7 Å². The van der Waals surface area contributed by atoms with Gasteiger partial charge in [0.1, 0.15) is 0 Å². The predicted octanol–water partition coefficient (Wildman–Crippen LogP) is 2.37. The summed E-state index contributed by atoms with van der Waals surface area (Å²) in [5.41, 5.74) is 0.343. The molecule has 1 fully saturated rings. The van der Waals surface area contributed by atoms with E-state index in [1.165, 1.54) is 28.6 Å². The number of nitro groups is 1. The summed E-state index contributed by atoms with van der Waals surface area (Å²) in [7, 11) is -3.82. The van der Waals surface area contributed by atoms with Crippen molar-refractivity contribution in [2.45, 2.75) is 11.8 Å². The molecule has 176 valence electrons. The molecule has 0 atom stereocenters. The van der Waals surface area contributed by atoms with E-state index in [0.29, 0.717) is 5.56 Å². The predicted molar refractivity (Wildman–Crippen MR) is 118 cm³/mol. The number of hydrogen-bond acceptors (Lipinski definition) is 8. The lowest BCUT2D eigenvalue weighted by molar-refractivity contribution is -0.384. The number of morpholine rings is 1. The van der Waals surface area contributed by atoms with Crippen molar-refractivity contribution in [1.82, 2.24) is 4.31 Å². The second-order valence-electron chi connectivity index (χ2n) is 7.04. The molecule has 1 aliphatic rings. The van der Waals surface area contributed by atoms with Crippen molar-refractivity contribution in [2.75, 3.05) is 38.2 Å². The van der Waals surface area contributed by atoms with Gasteiger partial charge in [0.2, 0.25) is 10.0 Å². The van der Waals surface area contributed by atoms with E-state index in [1.54, 1.807) is 6.92 Å². The molecular formula is C20H20ClN3O8S. The molecule has 0 aliphatic carbocycles. The van der Waals surface area contributed by atoms with Crippen LogP contribution in [0.25, 0.3) is 0 Å². The lowest BCUT2D eigenvalue weighted by Crippen LogP contribution is -2.40. The Kier molecular flexibility index (Phi) is 7.64. The maximum absolute atomic E-state index is 12.8. The van der Waals surface area contributed by atoms with Crippen LogP contribution in [0.2, 0.25) is 5.02 Å². The highest BCUT2D eigenvalue weighted by molar-refractivity contribution is 7.89. The Morgan fingerprint density at radius 1 is 1.21 bits per heavy atom. The van der Waals surface area contributed by atoms with Crippen molar-refractivity contribution in [3.8, 4) is 0 Å². The zero-order valence-corrected chi connectivity index (χ0v) is 19.0. The average Bonchev–Trinajstić information content (AvgIpc) is 2.79. The molecule has 2 aromatic carbocycles. The van der Waals surface area contributed by atoms with E-state index >= 15 is 0 Å². The van der Waals surface area contributed by atoms with E-state index in [-0.39, 0.29) is 53.2 Å². The minimum absolute atomic E-state index is 0.00510. The lowest BCUT2D eigenvalue weighted by Gasteiger charge is -2.26. The van der Waals surface area contributed by atoms with Gasteiger partial charge in [0, 0.05) is 25.2 Å². The Labute approximate surface area is 194 Å². The number of anilines is 1. The van der Waals surface area contributed by atoms with E-state index < -0.39 is 33.4 Å². The van der Waals surface area contributed by atoms with Crippen molar-refractivity contribution in [3.05, 3.63) is 62.7 Å². The summed E-state index contributed by atoms with van der Waals surface area (Å²) in [6.07, 6.45) is 0. The Morgan fingerprint density at radius 2 is 1.91 bits per heavy atom. The molecule has 0 radical (unpaired) electrons. The largest absolute Gasteiger partial charge is 0.452 e. The third-order valence-electron chi connectivity index (χ3n) is 4.81. The molecule has 1 heterocycles. The van der Waals surface area contributed by atoms with Gasteiger partial charge in [-0.3, -0.25) is 14.9 Å². The Morgan fingerprint density at radius 3 is 2.55 bits per heavy atom. The second kappa shape index (κ2) is 10.3. The highest BCUT2D eigenvalue weighted by Gasteiger charge is 2.27. The minimum Gasteiger partial charge on any atom is -0.452 e. The second-order valence-corrected chi connectivity index (χ2v) is 9.38. The van der Waals surface area contributed by atoms with Gasteiger partial charge in [0.05, 0.1) is 39.3 Å². The zero-order chi connectivity index (χ0) is 24.2. The molecule has 33 heavy (non-hydrogen) atoms. The fraction of sp³-hybridized carbons (Fsp3) is 0.300. The van der Waals surface area contributed by atoms with Gasteiger partial charge >= 0.3 is 5.97 Å². The smallest absolute Gasteiger partial charge is 0.338 e. The van der Waals surface area contributed by atoms with Gasteiger partial charge in [-0.05, 0) is 30.7 Å². The molecule has 0 bridgehead atoms. The molecule has 2 aromatic rings. The summed E-state index contributed by atoms with van der Waals surface area (Å²) < 4.78 is 37.2. The summed E-state index contributed by atoms with van der Waals surface area (Å²) >= 11 is 5.93. The van der Waals surface area contributed by atoms with Crippen LogP contribution >= 0.6 is 11.6 Å². The summed E-state index contributed by atoms with van der Waals surface area (Å²) in [5, 5.41) is 13.1. The number of nitrogens with zero attached hydrogens (tertiary/aromatic N) is 2. The number of amides is 1. The Hall–Kier alpha value is -3.06. The van der Waals surface area contributed by atoms with Crippen LogP contribution in [0.5, 0.6) is 0 Å². The highest BCUT2D eigenvalue weighted by atomic mass is 35.5. The van der Waals surface area contributed by atoms with E-state index in [2.05, 4.69) is 5.32 Å². The fourth-order valence-electron chi connectivity index (χ4n) is 3.03. The van der Waals surface area contributed by atoms with Crippen LogP contribution in [-0.4, -0.2) is 62.4 Å². The van der Waals surface area contributed by atoms with Crippen LogP contribution in [0.4, 0.5) is 11.4 Å². The van der Waals surface area contributed by atoms with Gasteiger partial charge in [-0.2, -0.15) is 4.31 Å². The Bertz CT molecular complexity index is 1200. The molecule has 11 nitrogen and oxygen atoms in total. The molecule has 0 unspecified atom stereocenters. The van der Waals surface area contributed by atoms with E-state index in [1.807, 2.05) is 0 Å². The standard InChI is InChI=1S/C20H20ClN3O8S/c1-13-2-4-15(33(29,30)23-6-8-31-9-7-23)11-16(13)20(26)32-12-19(25)22-18-5-3-14(24(27)28)10-17(18)21/h2-5,10-11H,6-9,12H2,1H3,(H,22,25). The summed E-state index contributed by atoms with van der Waals surface area (Å²) in [4.78, 5) is 34.7. The van der Waals surface area contributed by atoms with Crippen LogP contribution in [0.1, 0.15) is 15.9 Å². The normalized spacial score (nSPS) is 14.5. The number of non-ortho nitro benzene ring substituents is 1. The SMILES string of the molecule is Cc1ccc(S(=O)(=O)N2CCOCC2)cc1C(=O)OCC(=O)Nc1ccc([N+](=O)[O-])cc1Cl. The molecule has 1 N–H and O–H groups in total. The number of esters is 1. The van der Waals surface area contributed by atoms with Crippen LogP contribution in [0.3, 0.4) is 0 Å². The molecule has 13 heteroatoms. The molecule has 1 saturated heterocycles.